The number of benzene rings is 2. The van der Waals surface area contributed by atoms with Crippen molar-refractivity contribution in [2.75, 3.05) is 19.5 Å². The molecule has 9 heteroatoms. The van der Waals surface area contributed by atoms with Gasteiger partial charge in [0.25, 0.3) is 5.91 Å². The van der Waals surface area contributed by atoms with Gasteiger partial charge in [0, 0.05) is 23.7 Å². The standard InChI is InChI=1S/C20H19N5O3S/c1-4-17-22-23-20-25(17)24-19(29-20)12-5-7-13(8-6-12)21-18(26)15-10-9-14(27-2)11-16(15)28-3/h5-11H,4H2,1-3H3,(H,21,26). The average Bonchev–Trinajstić information content (AvgIpc) is 3.34. The smallest absolute Gasteiger partial charge is 0.259 e. The SMILES string of the molecule is CCc1nnc2sc(-c3ccc(NC(=O)c4ccc(OC)cc4OC)cc3)nn12. The van der Waals surface area contributed by atoms with Crippen molar-refractivity contribution in [3.8, 4) is 22.1 Å². The summed E-state index contributed by atoms with van der Waals surface area (Å²) in [4.78, 5) is 13.4. The van der Waals surface area contributed by atoms with Crippen LogP contribution in [-0.4, -0.2) is 39.9 Å². The molecule has 2 heterocycles. The third-order valence-corrected chi connectivity index (χ3v) is 5.36. The average molecular weight is 409 g/mol. The first-order valence-electron chi connectivity index (χ1n) is 8.98. The molecule has 148 valence electrons. The third kappa shape index (κ3) is 3.64. The summed E-state index contributed by atoms with van der Waals surface area (Å²) in [5.41, 5.74) is 2.05. The van der Waals surface area contributed by atoms with Gasteiger partial charge in [-0.3, -0.25) is 4.79 Å². The number of nitrogens with zero attached hydrogens (tertiary/aromatic N) is 4. The highest BCUT2D eigenvalue weighted by atomic mass is 32.1. The number of nitrogens with one attached hydrogen (secondary N) is 1. The molecule has 0 aliphatic carbocycles. The van der Waals surface area contributed by atoms with Crippen LogP contribution >= 0.6 is 11.3 Å². The van der Waals surface area contributed by atoms with E-state index in [-0.39, 0.29) is 5.91 Å². The van der Waals surface area contributed by atoms with Gasteiger partial charge in [-0.05, 0) is 36.4 Å². The van der Waals surface area contributed by atoms with E-state index in [1.807, 2.05) is 31.2 Å². The van der Waals surface area contributed by atoms with E-state index in [2.05, 4.69) is 20.6 Å². The summed E-state index contributed by atoms with van der Waals surface area (Å²) in [5, 5.41) is 16.6. The maximum absolute atomic E-state index is 12.6. The Morgan fingerprint density at radius 1 is 1.10 bits per heavy atom. The minimum absolute atomic E-state index is 0.261. The molecule has 0 unspecified atom stereocenters. The van der Waals surface area contributed by atoms with Crippen molar-refractivity contribution in [2.45, 2.75) is 13.3 Å². The first kappa shape index (κ1) is 18.9. The van der Waals surface area contributed by atoms with Gasteiger partial charge >= 0.3 is 0 Å². The molecule has 4 aromatic rings. The van der Waals surface area contributed by atoms with Crippen molar-refractivity contribution in [2.24, 2.45) is 0 Å². The van der Waals surface area contributed by atoms with Crippen LogP contribution in [0.15, 0.2) is 42.5 Å². The Labute approximate surface area is 171 Å². The maximum atomic E-state index is 12.6. The number of aromatic nitrogens is 4. The van der Waals surface area contributed by atoms with E-state index < -0.39 is 0 Å². The molecule has 0 spiro atoms. The van der Waals surface area contributed by atoms with Gasteiger partial charge in [-0.2, -0.15) is 9.61 Å². The van der Waals surface area contributed by atoms with Crippen LogP contribution in [0.5, 0.6) is 11.5 Å². The fraction of sp³-hybridized carbons (Fsp3) is 0.200. The van der Waals surface area contributed by atoms with Crippen molar-refractivity contribution < 1.29 is 14.3 Å². The molecule has 0 radical (unpaired) electrons. The Morgan fingerprint density at radius 2 is 1.90 bits per heavy atom. The number of hydrogen-bond acceptors (Lipinski definition) is 7. The zero-order chi connectivity index (χ0) is 20.4. The van der Waals surface area contributed by atoms with E-state index >= 15 is 0 Å². The molecule has 0 bridgehead atoms. The summed E-state index contributed by atoms with van der Waals surface area (Å²) in [7, 11) is 3.08. The van der Waals surface area contributed by atoms with Crippen LogP contribution in [0.2, 0.25) is 0 Å². The lowest BCUT2D eigenvalue weighted by atomic mass is 10.1. The Kier molecular flexibility index (Phi) is 5.13. The molecular weight excluding hydrogens is 390 g/mol. The number of fused-ring (bicyclic) bond motifs is 1. The van der Waals surface area contributed by atoms with Crippen LogP contribution in [0.1, 0.15) is 23.1 Å². The molecule has 0 saturated carbocycles. The summed E-state index contributed by atoms with van der Waals surface area (Å²) < 4.78 is 12.2. The van der Waals surface area contributed by atoms with Gasteiger partial charge in [-0.25, -0.2) is 0 Å². The van der Waals surface area contributed by atoms with Crippen LogP contribution in [0.3, 0.4) is 0 Å². The Hall–Kier alpha value is -3.46. The topological polar surface area (TPSA) is 90.6 Å². The molecule has 2 aromatic carbocycles. The highest BCUT2D eigenvalue weighted by Crippen LogP contribution is 2.28. The molecule has 8 nitrogen and oxygen atoms in total. The Balaban J connectivity index is 1.53. The molecule has 0 aliphatic rings. The van der Waals surface area contributed by atoms with Crippen molar-refractivity contribution in [1.29, 1.82) is 0 Å². The molecular formula is C20H19N5O3S. The Morgan fingerprint density at radius 3 is 2.59 bits per heavy atom. The first-order chi connectivity index (χ1) is 14.1. The highest BCUT2D eigenvalue weighted by molar-refractivity contribution is 7.19. The van der Waals surface area contributed by atoms with Gasteiger partial charge in [0.05, 0.1) is 19.8 Å². The van der Waals surface area contributed by atoms with Crippen LogP contribution in [0.25, 0.3) is 15.5 Å². The predicted octanol–water partition coefficient (Wildman–Crippen LogP) is 3.68. The monoisotopic (exact) mass is 409 g/mol. The fourth-order valence-corrected chi connectivity index (χ4v) is 3.74. The second kappa shape index (κ2) is 7.88. The van der Waals surface area contributed by atoms with Crippen LogP contribution in [0, 0.1) is 0 Å². The summed E-state index contributed by atoms with van der Waals surface area (Å²) in [6, 6.07) is 12.6. The van der Waals surface area contributed by atoms with E-state index in [0.29, 0.717) is 22.7 Å². The molecule has 0 saturated heterocycles. The van der Waals surface area contributed by atoms with Gasteiger partial charge in [0.15, 0.2) is 5.82 Å². The van der Waals surface area contributed by atoms with Crippen molar-refractivity contribution in [3.63, 3.8) is 0 Å². The molecule has 2 aromatic heterocycles. The quantitative estimate of drug-likeness (QED) is 0.522. The largest absolute Gasteiger partial charge is 0.497 e. The molecule has 29 heavy (non-hydrogen) atoms. The van der Waals surface area contributed by atoms with Crippen LogP contribution in [-0.2, 0) is 6.42 Å². The second-order valence-electron chi connectivity index (χ2n) is 6.17. The lowest BCUT2D eigenvalue weighted by molar-refractivity contribution is 0.102. The van der Waals surface area contributed by atoms with E-state index in [0.717, 1.165) is 27.8 Å². The van der Waals surface area contributed by atoms with Crippen molar-refractivity contribution in [3.05, 3.63) is 53.9 Å². The summed E-state index contributed by atoms with van der Waals surface area (Å²) in [6.45, 7) is 2.02. The number of ether oxygens (including phenoxy) is 2. The molecule has 4 rings (SSSR count). The van der Waals surface area contributed by atoms with Crippen molar-refractivity contribution in [1.82, 2.24) is 19.8 Å². The third-order valence-electron chi connectivity index (χ3n) is 4.41. The van der Waals surface area contributed by atoms with Crippen LogP contribution < -0.4 is 14.8 Å². The summed E-state index contributed by atoms with van der Waals surface area (Å²) >= 11 is 1.47. The van der Waals surface area contributed by atoms with Crippen molar-refractivity contribution >= 4 is 27.9 Å². The minimum atomic E-state index is -0.261. The molecule has 0 atom stereocenters. The highest BCUT2D eigenvalue weighted by Gasteiger charge is 2.15. The molecule has 1 N–H and O–H groups in total. The number of hydrogen-bond donors (Lipinski definition) is 1. The molecule has 1 amide bonds. The first-order valence-corrected chi connectivity index (χ1v) is 9.79. The number of anilines is 1. The van der Waals surface area contributed by atoms with E-state index in [1.54, 1.807) is 29.8 Å². The maximum Gasteiger partial charge on any atom is 0.259 e. The zero-order valence-corrected chi connectivity index (χ0v) is 17.0. The number of rotatable bonds is 6. The lowest BCUT2D eigenvalue weighted by Gasteiger charge is -2.11. The van der Waals surface area contributed by atoms with Gasteiger partial charge < -0.3 is 14.8 Å². The zero-order valence-electron chi connectivity index (χ0n) is 16.2. The van der Waals surface area contributed by atoms with E-state index in [1.165, 1.54) is 18.4 Å². The van der Waals surface area contributed by atoms with Gasteiger partial charge in [0.1, 0.15) is 16.5 Å². The normalized spacial score (nSPS) is 10.9. The number of methoxy groups -OCH3 is 2. The Bertz CT molecular complexity index is 1170. The lowest BCUT2D eigenvalue weighted by Crippen LogP contribution is -2.13. The summed E-state index contributed by atoms with van der Waals surface area (Å²) in [5.74, 6) is 1.65. The molecule has 0 fully saturated rings. The van der Waals surface area contributed by atoms with E-state index in [9.17, 15) is 4.79 Å². The number of amides is 1. The van der Waals surface area contributed by atoms with Gasteiger partial charge in [0.2, 0.25) is 4.96 Å². The number of carbonyl (C=O) groups excluding carboxylic acids is 1. The summed E-state index contributed by atoms with van der Waals surface area (Å²) in [6.07, 6.45) is 0.768. The van der Waals surface area contributed by atoms with Crippen LogP contribution in [0.4, 0.5) is 5.69 Å². The minimum Gasteiger partial charge on any atom is -0.497 e. The second-order valence-corrected chi connectivity index (χ2v) is 7.13. The fourth-order valence-electron chi connectivity index (χ4n) is 2.88. The number of carbonyl (C=O) groups is 1. The van der Waals surface area contributed by atoms with E-state index in [4.69, 9.17) is 9.47 Å². The molecule has 0 aliphatic heterocycles. The van der Waals surface area contributed by atoms with Gasteiger partial charge in [-0.15, -0.1) is 10.2 Å². The predicted molar refractivity (Wildman–Crippen MR) is 111 cm³/mol. The van der Waals surface area contributed by atoms with Gasteiger partial charge in [-0.1, -0.05) is 18.3 Å². The number of aryl methyl sites for hydroxylation is 1.